The average Bonchev–Trinajstić information content (AvgIpc) is 2.88. The molecule has 0 saturated carbocycles. The van der Waals surface area contributed by atoms with E-state index < -0.39 is 0 Å². The van der Waals surface area contributed by atoms with Crippen LogP contribution in [0.25, 0.3) is 16.3 Å². The van der Waals surface area contributed by atoms with Crippen molar-refractivity contribution in [1.29, 1.82) is 0 Å². The van der Waals surface area contributed by atoms with Crippen molar-refractivity contribution < 1.29 is 0 Å². The Bertz CT molecular complexity index is 682. The second-order valence-corrected chi connectivity index (χ2v) is 6.44. The molecule has 3 aromatic rings. The third-order valence-electron chi connectivity index (χ3n) is 2.82. The number of hydrogen-bond donors (Lipinski definition) is 0. The zero-order valence-electron chi connectivity index (χ0n) is 10.4. The molecule has 0 radical (unpaired) electrons. The highest BCUT2D eigenvalue weighted by Gasteiger charge is 2.04. The van der Waals surface area contributed by atoms with Crippen LogP contribution in [-0.4, -0.2) is 4.98 Å². The first-order chi connectivity index (χ1) is 9.35. The molecule has 0 fully saturated rings. The van der Waals surface area contributed by atoms with Gasteiger partial charge >= 0.3 is 0 Å². The zero-order chi connectivity index (χ0) is 13.1. The first kappa shape index (κ1) is 12.5. The van der Waals surface area contributed by atoms with E-state index in [1.54, 1.807) is 23.1 Å². The van der Waals surface area contributed by atoms with E-state index in [0.29, 0.717) is 0 Å². The van der Waals surface area contributed by atoms with Crippen LogP contribution in [0.15, 0.2) is 59.4 Å². The van der Waals surface area contributed by atoms with E-state index in [2.05, 4.69) is 54.0 Å². The molecule has 3 rings (SSSR count). The number of rotatable bonds is 4. The maximum Gasteiger partial charge on any atom is 0.151 e. The van der Waals surface area contributed by atoms with Crippen LogP contribution in [0.2, 0.25) is 0 Å². The van der Waals surface area contributed by atoms with Crippen molar-refractivity contribution in [1.82, 2.24) is 4.98 Å². The van der Waals surface area contributed by atoms with E-state index >= 15 is 0 Å². The van der Waals surface area contributed by atoms with Crippen LogP contribution < -0.4 is 0 Å². The molecule has 0 unspecified atom stereocenters. The van der Waals surface area contributed by atoms with Gasteiger partial charge in [-0.05, 0) is 23.3 Å². The predicted octanol–water partition coefficient (Wildman–Crippen LogP) is 5.23. The van der Waals surface area contributed by atoms with E-state index in [0.717, 1.165) is 15.6 Å². The second kappa shape index (κ2) is 5.59. The van der Waals surface area contributed by atoms with Crippen molar-refractivity contribution in [2.45, 2.75) is 10.1 Å². The van der Waals surface area contributed by atoms with Gasteiger partial charge in [0.15, 0.2) is 4.34 Å². The van der Waals surface area contributed by atoms with E-state index in [1.807, 2.05) is 12.1 Å². The molecular weight excluding hydrogens is 270 g/mol. The number of para-hydroxylation sites is 1. The molecule has 94 valence electrons. The Kier molecular flexibility index (Phi) is 3.67. The van der Waals surface area contributed by atoms with Crippen molar-refractivity contribution in [3.8, 4) is 0 Å². The Balaban J connectivity index is 1.76. The van der Waals surface area contributed by atoms with Crippen LogP contribution in [-0.2, 0) is 5.75 Å². The van der Waals surface area contributed by atoms with Gasteiger partial charge in [0.05, 0.1) is 10.2 Å². The van der Waals surface area contributed by atoms with Crippen molar-refractivity contribution in [2.75, 3.05) is 0 Å². The summed E-state index contributed by atoms with van der Waals surface area (Å²) in [4.78, 5) is 4.63. The number of benzene rings is 2. The zero-order valence-corrected chi connectivity index (χ0v) is 12.0. The Hall–Kier alpha value is -1.58. The molecule has 1 nitrogen and oxygen atoms in total. The third-order valence-corrected chi connectivity index (χ3v) is 5.07. The number of thiazole rings is 1. The van der Waals surface area contributed by atoms with Gasteiger partial charge in [-0.25, -0.2) is 4.98 Å². The number of aromatic nitrogens is 1. The van der Waals surface area contributed by atoms with Gasteiger partial charge in [0.25, 0.3) is 0 Å². The summed E-state index contributed by atoms with van der Waals surface area (Å²) in [5.41, 5.74) is 3.57. The largest absolute Gasteiger partial charge is 0.230 e. The van der Waals surface area contributed by atoms with Gasteiger partial charge in [-0.15, -0.1) is 11.3 Å². The number of hydrogen-bond acceptors (Lipinski definition) is 3. The fraction of sp³-hybridized carbons (Fsp3) is 0.0625. The number of fused-ring (bicyclic) bond motifs is 1. The lowest BCUT2D eigenvalue weighted by molar-refractivity contribution is 1.29. The Morgan fingerprint density at radius 3 is 2.89 bits per heavy atom. The molecule has 0 amide bonds. The monoisotopic (exact) mass is 283 g/mol. The fourth-order valence-electron chi connectivity index (χ4n) is 1.87. The minimum absolute atomic E-state index is 0.946. The summed E-state index contributed by atoms with van der Waals surface area (Å²) in [5, 5.41) is 0. The summed E-state index contributed by atoms with van der Waals surface area (Å²) in [5.74, 6) is 0.946. The molecule has 0 atom stereocenters. The normalized spacial score (nSPS) is 10.7. The maximum atomic E-state index is 4.63. The Morgan fingerprint density at radius 1 is 1.16 bits per heavy atom. The van der Waals surface area contributed by atoms with Gasteiger partial charge in [0, 0.05) is 5.75 Å². The molecule has 1 heterocycles. The summed E-state index contributed by atoms with van der Waals surface area (Å²) in [6.07, 6.45) is 1.88. The van der Waals surface area contributed by atoms with E-state index in [1.165, 1.54) is 15.8 Å². The summed E-state index contributed by atoms with van der Waals surface area (Å²) in [7, 11) is 0. The quantitative estimate of drug-likeness (QED) is 0.608. The average molecular weight is 283 g/mol. The molecule has 0 aliphatic heterocycles. The molecule has 2 aromatic carbocycles. The van der Waals surface area contributed by atoms with Crippen molar-refractivity contribution in [3.05, 3.63) is 66.2 Å². The number of thioether (sulfide) groups is 1. The standard InChI is InChI=1S/C16H13NS2/c1-2-12-6-5-7-13(10-12)11-18-16-17-14-8-3-4-9-15(14)19-16/h2-10H,1,11H2. The van der Waals surface area contributed by atoms with Crippen LogP contribution >= 0.6 is 23.1 Å². The molecule has 0 saturated heterocycles. The first-order valence-corrected chi connectivity index (χ1v) is 7.85. The maximum absolute atomic E-state index is 4.63. The van der Waals surface area contributed by atoms with Gasteiger partial charge < -0.3 is 0 Å². The van der Waals surface area contributed by atoms with Gasteiger partial charge in [0.2, 0.25) is 0 Å². The van der Waals surface area contributed by atoms with E-state index in [4.69, 9.17) is 0 Å². The van der Waals surface area contributed by atoms with Gasteiger partial charge in [0.1, 0.15) is 0 Å². The summed E-state index contributed by atoms with van der Waals surface area (Å²) < 4.78 is 2.38. The minimum Gasteiger partial charge on any atom is -0.230 e. The highest BCUT2D eigenvalue weighted by atomic mass is 32.2. The molecule has 0 bridgehead atoms. The molecule has 1 aromatic heterocycles. The third kappa shape index (κ3) is 2.88. The lowest BCUT2D eigenvalue weighted by Gasteiger charge is -2.00. The smallest absolute Gasteiger partial charge is 0.151 e. The summed E-state index contributed by atoms with van der Waals surface area (Å²) in [6.45, 7) is 3.80. The minimum atomic E-state index is 0.946. The van der Waals surface area contributed by atoms with E-state index in [-0.39, 0.29) is 0 Å². The van der Waals surface area contributed by atoms with Gasteiger partial charge in [-0.2, -0.15) is 0 Å². The van der Waals surface area contributed by atoms with Crippen molar-refractivity contribution in [3.63, 3.8) is 0 Å². The Labute approximate surface area is 121 Å². The molecule has 19 heavy (non-hydrogen) atoms. The van der Waals surface area contributed by atoms with Crippen molar-refractivity contribution in [2.24, 2.45) is 0 Å². The predicted molar refractivity (Wildman–Crippen MR) is 85.7 cm³/mol. The molecule has 0 spiro atoms. The lowest BCUT2D eigenvalue weighted by atomic mass is 10.1. The molecule has 0 aliphatic carbocycles. The summed E-state index contributed by atoms with van der Waals surface area (Å²) in [6, 6.07) is 16.7. The van der Waals surface area contributed by atoms with Crippen LogP contribution in [0.5, 0.6) is 0 Å². The molecule has 0 aliphatic rings. The highest BCUT2D eigenvalue weighted by Crippen LogP contribution is 2.31. The lowest BCUT2D eigenvalue weighted by Crippen LogP contribution is -1.81. The fourth-order valence-corrected chi connectivity index (χ4v) is 3.88. The topological polar surface area (TPSA) is 12.9 Å². The number of nitrogens with zero attached hydrogens (tertiary/aromatic N) is 1. The van der Waals surface area contributed by atoms with Gasteiger partial charge in [-0.1, -0.05) is 60.8 Å². The Morgan fingerprint density at radius 2 is 2.05 bits per heavy atom. The van der Waals surface area contributed by atoms with Crippen LogP contribution in [0.3, 0.4) is 0 Å². The second-order valence-electron chi connectivity index (χ2n) is 4.19. The highest BCUT2D eigenvalue weighted by molar-refractivity contribution is 8.00. The molecule has 0 N–H and O–H groups in total. The molecule has 3 heteroatoms. The van der Waals surface area contributed by atoms with Gasteiger partial charge in [-0.3, -0.25) is 0 Å². The summed E-state index contributed by atoms with van der Waals surface area (Å²) >= 11 is 3.55. The van der Waals surface area contributed by atoms with Crippen LogP contribution in [0.4, 0.5) is 0 Å². The first-order valence-electron chi connectivity index (χ1n) is 6.05. The molecular formula is C16H13NS2. The van der Waals surface area contributed by atoms with E-state index in [9.17, 15) is 0 Å². The van der Waals surface area contributed by atoms with Crippen LogP contribution in [0, 0.1) is 0 Å². The van der Waals surface area contributed by atoms with Crippen molar-refractivity contribution >= 4 is 39.4 Å². The SMILES string of the molecule is C=Cc1cccc(CSc2nc3ccccc3s2)c1. The van der Waals surface area contributed by atoms with Crippen LogP contribution in [0.1, 0.15) is 11.1 Å².